The van der Waals surface area contributed by atoms with E-state index < -0.39 is 0 Å². The highest BCUT2D eigenvalue weighted by Gasteiger charge is 2.08. The van der Waals surface area contributed by atoms with Crippen LogP contribution < -0.4 is 10.1 Å². The Bertz CT molecular complexity index is 668. The molecule has 0 bridgehead atoms. The van der Waals surface area contributed by atoms with Gasteiger partial charge in [0, 0.05) is 38.7 Å². The third-order valence-electron chi connectivity index (χ3n) is 3.18. The molecule has 0 amide bonds. The van der Waals surface area contributed by atoms with Crippen LogP contribution in [0.15, 0.2) is 40.9 Å². The molecule has 0 saturated heterocycles. The van der Waals surface area contributed by atoms with Crippen LogP contribution in [0.5, 0.6) is 5.75 Å². The molecule has 2 rings (SSSR count). The first-order valence-corrected chi connectivity index (χ1v) is 8.74. The number of hydrogen-bond acceptors (Lipinski definition) is 3. The third kappa shape index (κ3) is 6.79. The van der Waals surface area contributed by atoms with E-state index in [1.807, 2.05) is 24.3 Å². The van der Waals surface area contributed by atoms with Crippen LogP contribution in [0.2, 0.25) is 10.0 Å². The second-order valence-corrected chi connectivity index (χ2v) is 7.02. The monoisotopic (exact) mass is 453 g/mol. The predicted molar refractivity (Wildman–Crippen MR) is 106 cm³/mol. The minimum Gasteiger partial charge on any atom is -0.489 e. The van der Waals surface area contributed by atoms with Crippen LogP contribution in [0.1, 0.15) is 18.1 Å². The van der Waals surface area contributed by atoms with Gasteiger partial charge in [0.15, 0.2) is 0 Å². The van der Waals surface area contributed by atoms with Gasteiger partial charge < -0.3 is 15.2 Å². The van der Waals surface area contributed by atoms with Gasteiger partial charge in [0.1, 0.15) is 12.4 Å². The molecular weight excluding hydrogens is 436 g/mol. The summed E-state index contributed by atoms with van der Waals surface area (Å²) in [6, 6.07) is 11.2. The van der Waals surface area contributed by atoms with Crippen molar-refractivity contribution in [1.29, 1.82) is 0 Å². The average Bonchev–Trinajstić information content (AvgIpc) is 2.47. The smallest absolute Gasteiger partial charge is 0.124 e. The zero-order chi connectivity index (χ0) is 16.8. The lowest BCUT2D eigenvalue weighted by molar-refractivity contribution is 0.190. The maximum Gasteiger partial charge on any atom is 0.124 e. The summed E-state index contributed by atoms with van der Waals surface area (Å²) >= 11 is 15.5. The van der Waals surface area contributed by atoms with Gasteiger partial charge in [0.25, 0.3) is 0 Å². The average molecular weight is 456 g/mol. The lowest BCUT2D eigenvalue weighted by Crippen LogP contribution is -2.24. The van der Waals surface area contributed by atoms with Crippen LogP contribution in [0.3, 0.4) is 0 Å². The summed E-state index contributed by atoms with van der Waals surface area (Å²) in [7, 11) is 0. The van der Waals surface area contributed by atoms with Crippen LogP contribution in [0.4, 0.5) is 0 Å². The van der Waals surface area contributed by atoms with Gasteiger partial charge in [0.05, 0.1) is 6.10 Å². The van der Waals surface area contributed by atoms with E-state index in [1.165, 1.54) is 0 Å². The number of aliphatic hydroxyl groups excluding tert-OH is 1. The molecule has 2 aromatic rings. The highest BCUT2D eigenvalue weighted by atomic mass is 79.9. The van der Waals surface area contributed by atoms with Gasteiger partial charge in [-0.25, -0.2) is 0 Å². The third-order valence-corrected chi connectivity index (χ3v) is 4.26. The van der Waals surface area contributed by atoms with Crippen LogP contribution in [-0.4, -0.2) is 17.8 Å². The number of hydrogen-bond donors (Lipinski definition) is 2. The van der Waals surface area contributed by atoms with Crippen LogP contribution in [0.25, 0.3) is 0 Å². The van der Waals surface area contributed by atoms with Gasteiger partial charge in [-0.1, -0.05) is 45.2 Å². The highest BCUT2D eigenvalue weighted by Crippen LogP contribution is 2.26. The molecule has 3 nitrogen and oxygen atoms in total. The molecule has 24 heavy (non-hydrogen) atoms. The van der Waals surface area contributed by atoms with Crippen LogP contribution in [0, 0.1) is 0 Å². The summed E-state index contributed by atoms with van der Waals surface area (Å²) in [4.78, 5) is 0. The van der Waals surface area contributed by atoms with E-state index in [2.05, 4.69) is 21.2 Å². The minimum absolute atomic E-state index is 0. The van der Waals surface area contributed by atoms with E-state index in [0.717, 1.165) is 21.3 Å². The van der Waals surface area contributed by atoms with Crippen molar-refractivity contribution >= 4 is 51.5 Å². The van der Waals surface area contributed by atoms with Crippen LogP contribution >= 0.6 is 51.5 Å². The van der Waals surface area contributed by atoms with Gasteiger partial charge in [-0.05, 0) is 37.3 Å². The Morgan fingerprint density at radius 2 is 1.92 bits per heavy atom. The van der Waals surface area contributed by atoms with Crippen molar-refractivity contribution in [3.05, 3.63) is 62.0 Å². The van der Waals surface area contributed by atoms with Gasteiger partial charge in [-0.15, -0.1) is 12.4 Å². The second kappa shape index (κ2) is 10.5. The summed E-state index contributed by atoms with van der Waals surface area (Å²) < 4.78 is 6.88. The molecule has 0 spiro atoms. The fraction of sp³-hybridized carbons (Fsp3) is 0.294. The van der Waals surface area contributed by atoms with Gasteiger partial charge in [-0.3, -0.25) is 0 Å². The Hall–Kier alpha value is -0.490. The van der Waals surface area contributed by atoms with Crippen LogP contribution in [-0.2, 0) is 13.2 Å². The zero-order valence-corrected chi connectivity index (χ0v) is 17.0. The lowest BCUT2D eigenvalue weighted by Gasteiger charge is -2.14. The van der Waals surface area contributed by atoms with Crippen molar-refractivity contribution in [2.24, 2.45) is 0 Å². The quantitative estimate of drug-likeness (QED) is 0.601. The maximum absolute atomic E-state index is 9.33. The Morgan fingerprint density at radius 3 is 2.58 bits per heavy atom. The molecule has 1 atom stereocenters. The molecule has 0 aliphatic carbocycles. The molecule has 2 aromatic carbocycles. The topological polar surface area (TPSA) is 41.5 Å². The normalized spacial score (nSPS) is 11.7. The maximum atomic E-state index is 9.33. The molecule has 0 saturated carbocycles. The van der Waals surface area contributed by atoms with Crippen molar-refractivity contribution in [3.63, 3.8) is 0 Å². The lowest BCUT2D eigenvalue weighted by atomic mass is 10.2. The first-order valence-electron chi connectivity index (χ1n) is 7.19. The van der Waals surface area contributed by atoms with Crippen molar-refractivity contribution in [2.75, 3.05) is 6.54 Å². The summed E-state index contributed by atoms with van der Waals surface area (Å²) in [6.07, 6.45) is -0.389. The summed E-state index contributed by atoms with van der Waals surface area (Å²) in [6.45, 7) is 3.23. The Kier molecular flexibility index (Phi) is 9.42. The Balaban J connectivity index is 0.00000288. The van der Waals surface area contributed by atoms with Crippen molar-refractivity contribution in [3.8, 4) is 5.75 Å². The molecular formula is C17H19BrCl3NO2. The van der Waals surface area contributed by atoms with Crippen molar-refractivity contribution in [2.45, 2.75) is 26.2 Å². The van der Waals surface area contributed by atoms with Crippen molar-refractivity contribution in [1.82, 2.24) is 5.32 Å². The summed E-state index contributed by atoms with van der Waals surface area (Å²) in [5, 5.41) is 13.7. The molecule has 0 radical (unpaired) electrons. The molecule has 0 aliphatic rings. The number of nitrogens with one attached hydrogen (secondary N) is 1. The Morgan fingerprint density at radius 1 is 1.17 bits per heavy atom. The van der Waals surface area contributed by atoms with Crippen molar-refractivity contribution < 1.29 is 9.84 Å². The molecule has 0 aliphatic heterocycles. The first kappa shape index (κ1) is 21.6. The fourth-order valence-electron chi connectivity index (χ4n) is 2.04. The van der Waals surface area contributed by atoms with E-state index in [4.69, 9.17) is 27.9 Å². The summed E-state index contributed by atoms with van der Waals surface area (Å²) in [5.41, 5.74) is 1.88. The second-order valence-electron chi connectivity index (χ2n) is 5.26. The number of benzene rings is 2. The largest absolute Gasteiger partial charge is 0.489 e. The van der Waals surface area contributed by atoms with Gasteiger partial charge >= 0.3 is 0 Å². The molecule has 0 heterocycles. The molecule has 7 heteroatoms. The van der Waals surface area contributed by atoms with E-state index in [9.17, 15) is 5.11 Å². The van der Waals surface area contributed by atoms with E-state index in [0.29, 0.717) is 29.7 Å². The number of aliphatic hydroxyl groups is 1. The molecule has 2 N–H and O–H groups in total. The molecule has 0 fully saturated rings. The van der Waals surface area contributed by atoms with E-state index >= 15 is 0 Å². The number of rotatable bonds is 7. The molecule has 132 valence electrons. The molecule has 0 aromatic heterocycles. The number of halogens is 4. The highest BCUT2D eigenvalue weighted by molar-refractivity contribution is 9.10. The Labute approximate surface area is 166 Å². The van der Waals surface area contributed by atoms with E-state index in [-0.39, 0.29) is 18.5 Å². The summed E-state index contributed by atoms with van der Waals surface area (Å²) in [5.74, 6) is 0.775. The fourth-order valence-corrected chi connectivity index (χ4v) is 2.91. The number of ether oxygens (including phenoxy) is 1. The van der Waals surface area contributed by atoms with Gasteiger partial charge in [-0.2, -0.15) is 0 Å². The first-order chi connectivity index (χ1) is 11.0. The minimum atomic E-state index is -0.389. The standard InChI is InChI=1S/C17H18BrCl2NO2.ClH/c1-11(22)8-21-9-13-6-14(18)3-5-17(13)23-10-12-2-4-15(19)7-16(12)20;/h2-7,11,21-22H,8-10H2,1H3;1H. The van der Waals surface area contributed by atoms with E-state index in [1.54, 1.807) is 19.1 Å². The zero-order valence-electron chi connectivity index (χ0n) is 13.1. The predicted octanol–water partition coefficient (Wildman–Crippen LogP) is 5.23. The SMILES string of the molecule is CC(O)CNCc1cc(Br)ccc1OCc1ccc(Cl)cc1Cl.Cl. The molecule has 1 unspecified atom stereocenters. The van der Waals surface area contributed by atoms with Gasteiger partial charge in [0.2, 0.25) is 0 Å².